The van der Waals surface area contributed by atoms with Crippen LogP contribution >= 0.6 is 27.5 Å². The highest BCUT2D eigenvalue weighted by Crippen LogP contribution is 2.19. The van der Waals surface area contributed by atoms with E-state index in [9.17, 15) is 0 Å². The Morgan fingerprint density at radius 3 is 2.88 bits per heavy atom. The van der Waals surface area contributed by atoms with Crippen molar-refractivity contribution in [1.29, 1.82) is 0 Å². The van der Waals surface area contributed by atoms with Gasteiger partial charge in [0.2, 0.25) is 0 Å². The van der Waals surface area contributed by atoms with Gasteiger partial charge in [0, 0.05) is 22.8 Å². The number of halogens is 2. The molecule has 6 heteroatoms. The molecular weight excluding hydrogens is 291 g/mol. The summed E-state index contributed by atoms with van der Waals surface area (Å²) in [4.78, 5) is 4.29. The van der Waals surface area contributed by atoms with Crippen molar-refractivity contribution >= 4 is 27.5 Å². The normalized spacial score (nSPS) is 10.8. The molecule has 2 aromatic heterocycles. The number of nitrogens with zero attached hydrogens (tertiary/aromatic N) is 3. The first-order valence-corrected chi connectivity index (χ1v) is 5.85. The molecule has 0 aliphatic heterocycles. The van der Waals surface area contributed by atoms with Gasteiger partial charge in [0.1, 0.15) is 0 Å². The Balaban J connectivity index is 2.55. The third-order valence-electron chi connectivity index (χ3n) is 2.19. The topological polar surface area (TPSA) is 56.7 Å². The van der Waals surface area contributed by atoms with Crippen LogP contribution in [0.1, 0.15) is 11.3 Å². The Kier molecular flexibility index (Phi) is 3.28. The van der Waals surface area contributed by atoms with Gasteiger partial charge >= 0.3 is 0 Å². The molecule has 0 saturated carbocycles. The van der Waals surface area contributed by atoms with E-state index in [2.05, 4.69) is 26.0 Å². The van der Waals surface area contributed by atoms with Crippen LogP contribution < -0.4 is 5.73 Å². The number of pyridine rings is 1. The van der Waals surface area contributed by atoms with Gasteiger partial charge in [-0.1, -0.05) is 11.6 Å². The summed E-state index contributed by atoms with van der Waals surface area (Å²) in [6.45, 7) is 2.25. The zero-order chi connectivity index (χ0) is 11.7. The zero-order valence-corrected chi connectivity index (χ0v) is 11.0. The molecule has 84 valence electrons. The van der Waals surface area contributed by atoms with Crippen molar-refractivity contribution < 1.29 is 0 Å². The van der Waals surface area contributed by atoms with Gasteiger partial charge in [0.05, 0.1) is 16.9 Å². The van der Waals surface area contributed by atoms with Crippen LogP contribution in [0.5, 0.6) is 0 Å². The highest BCUT2D eigenvalue weighted by molar-refractivity contribution is 9.10. The molecule has 0 unspecified atom stereocenters. The number of aryl methyl sites for hydroxylation is 1. The third-order valence-corrected chi connectivity index (χ3v) is 2.99. The monoisotopic (exact) mass is 300 g/mol. The van der Waals surface area contributed by atoms with Gasteiger partial charge in [0.25, 0.3) is 0 Å². The summed E-state index contributed by atoms with van der Waals surface area (Å²) >= 11 is 9.31. The third kappa shape index (κ3) is 2.11. The lowest BCUT2D eigenvalue weighted by atomic mass is 10.2. The Morgan fingerprint density at radius 2 is 2.31 bits per heavy atom. The lowest BCUT2D eigenvalue weighted by Gasteiger charge is -2.06. The van der Waals surface area contributed by atoms with Crippen molar-refractivity contribution in [3.8, 4) is 5.82 Å². The second-order valence-electron chi connectivity index (χ2n) is 3.35. The van der Waals surface area contributed by atoms with Gasteiger partial charge in [-0.2, -0.15) is 5.10 Å². The SMILES string of the molecule is Cc1nn(-c2ncc(Br)cc2CN)cc1Cl. The molecule has 0 spiro atoms. The minimum absolute atomic E-state index is 0.401. The Hall–Kier alpha value is -0.910. The standard InChI is InChI=1S/C10H10BrClN4/c1-6-9(12)5-16(15-6)10-7(3-13)2-8(11)4-14-10/h2,4-5H,3,13H2,1H3. The summed E-state index contributed by atoms with van der Waals surface area (Å²) in [6, 6.07) is 1.92. The van der Waals surface area contributed by atoms with Crippen molar-refractivity contribution in [2.45, 2.75) is 13.5 Å². The van der Waals surface area contributed by atoms with E-state index in [-0.39, 0.29) is 0 Å². The van der Waals surface area contributed by atoms with Crippen LogP contribution in [-0.2, 0) is 6.54 Å². The average Bonchev–Trinajstić information content (AvgIpc) is 2.59. The van der Waals surface area contributed by atoms with Gasteiger partial charge in [0.15, 0.2) is 5.82 Å². The molecule has 0 fully saturated rings. The molecule has 0 amide bonds. The highest BCUT2D eigenvalue weighted by Gasteiger charge is 2.09. The van der Waals surface area contributed by atoms with E-state index < -0.39 is 0 Å². The fraction of sp³-hybridized carbons (Fsp3) is 0.200. The molecule has 0 aliphatic rings. The van der Waals surface area contributed by atoms with E-state index >= 15 is 0 Å². The van der Waals surface area contributed by atoms with Gasteiger partial charge in [-0.25, -0.2) is 9.67 Å². The Labute approximate surface area is 107 Å². The first kappa shape index (κ1) is 11.6. The fourth-order valence-corrected chi connectivity index (χ4v) is 1.89. The summed E-state index contributed by atoms with van der Waals surface area (Å²) in [5.41, 5.74) is 7.35. The van der Waals surface area contributed by atoms with Gasteiger partial charge in [-0.3, -0.25) is 0 Å². The molecular formula is C10H10BrClN4. The molecule has 16 heavy (non-hydrogen) atoms. The highest BCUT2D eigenvalue weighted by atomic mass is 79.9. The number of aromatic nitrogens is 3. The first-order chi connectivity index (χ1) is 7.61. The molecule has 4 nitrogen and oxygen atoms in total. The quantitative estimate of drug-likeness (QED) is 0.927. The smallest absolute Gasteiger partial charge is 0.157 e. The molecule has 0 radical (unpaired) electrons. The van der Waals surface area contributed by atoms with Crippen LogP contribution in [0.15, 0.2) is 22.9 Å². The predicted molar refractivity (Wildman–Crippen MR) is 66.7 cm³/mol. The minimum atomic E-state index is 0.401. The van der Waals surface area contributed by atoms with Crippen LogP contribution in [0.3, 0.4) is 0 Å². The molecule has 0 saturated heterocycles. The summed E-state index contributed by atoms with van der Waals surface area (Å²) in [7, 11) is 0. The molecule has 0 aliphatic carbocycles. The Morgan fingerprint density at radius 1 is 1.56 bits per heavy atom. The predicted octanol–water partition coefficient (Wildman–Crippen LogP) is 2.45. The summed E-state index contributed by atoms with van der Waals surface area (Å²) in [5.74, 6) is 0.709. The largest absolute Gasteiger partial charge is 0.326 e. The maximum absolute atomic E-state index is 5.95. The van der Waals surface area contributed by atoms with Crippen molar-refractivity contribution in [3.63, 3.8) is 0 Å². The van der Waals surface area contributed by atoms with Crippen molar-refractivity contribution in [2.75, 3.05) is 0 Å². The fourth-order valence-electron chi connectivity index (χ4n) is 1.38. The number of hydrogen-bond acceptors (Lipinski definition) is 3. The first-order valence-electron chi connectivity index (χ1n) is 4.68. The van der Waals surface area contributed by atoms with E-state index in [1.807, 2.05) is 13.0 Å². The lowest BCUT2D eigenvalue weighted by Crippen LogP contribution is -2.07. The average molecular weight is 302 g/mol. The van der Waals surface area contributed by atoms with E-state index in [4.69, 9.17) is 17.3 Å². The summed E-state index contributed by atoms with van der Waals surface area (Å²) in [6.07, 6.45) is 3.44. The molecule has 2 rings (SSSR count). The summed E-state index contributed by atoms with van der Waals surface area (Å²) < 4.78 is 2.54. The van der Waals surface area contributed by atoms with Gasteiger partial charge < -0.3 is 5.73 Å². The number of rotatable bonds is 2. The van der Waals surface area contributed by atoms with Crippen molar-refractivity contribution in [2.24, 2.45) is 5.73 Å². The number of hydrogen-bond donors (Lipinski definition) is 1. The van der Waals surface area contributed by atoms with Gasteiger partial charge in [-0.05, 0) is 28.9 Å². The maximum Gasteiger partial charge on any atom is 0.157 e. The van der Waals surface area contributed by atoms with Crippen molar-refractivity contribution in [1.82, 2.24) is 14.8 Å². The van der Waals surface area contributed by atoms with E-state index in [1.165, 1.54) is 0 Å². The Bertz CT molecular complexity index is 504. The van der Waals surface area contributed by atoms with Crippen LogP contribution in [0.4, 0.5) is 0 Å². The maximum atomic E-state index is 5.95. The summed E-state index contributed by atoms with van der Waals surface area (Å²) in [5, 5.41) is 4.89. The van der Waals surface area contributed by atoms with E-state index in [1.54, 1.807) is 17.1 Å². The van der Waals surface area contributed by atoms with E-state index in [0.29, 0.717) is 17.4 Å². The van der Waals surface area contributed by atoms with Gasteiger partial charge in [-0.15, -0.1) is 0 Å². The van der Waals surface area contributed by atoms with Crippen LogP contribution in [0.2, 0.25) is 5.02 Å². The second-order valence-corrected chi connectivity index (χ2v) is 4.67. The van der Waals surface area contributed by atoms with Crippen molar-refractivity contribution in [3.05, 3.63) is 39.2 Å². The molecule has 2 N–H and O–H groups in total. The molecule has 0 bridgehead atoms. The molecule has 0 atom stereocenters. The number of nitrogens with two attached hydrogens (primary N) is 1. The van der Waals surface area contributed by atoms with Crippen LogP contribution in [-0.4, -0.2) is 14.8 Å². The molecule has 2 heterocycles. The zero-order valence-electron chi connectivity index (χ0n) is 8.61. The minimum Gasteiger partial charge on any atom is -0.326 e. The van der Waals surface area contributed by atoms with Crippen LogP contribution in [0, 0.1) is 6.92 Å². The molecule has 2 aromatic rings. The second kappa shape index (κ2) is 4.53. The lowest BCUT2D eigenvalue weighted by molar-refractivity contribution is 0.811. The van der Waals surface area contributed by atoms with Crippen LogP contribution in [0.25, 0.3) is 5.82 Å². The molecule has 0 aromatic carbocycles. The van der Waals surface area contributed by atoms with E-state index in [0.717, 1.165) is 15.7 Å².